The fraction of sp³-hybridized carbons (Fsp3) is 0.545. The molecule has 0 aliphatic carbocycles. The van der Waals surface area contributed by atoms with Crippen LogP contribution in [0.4, 0.5) is 0 Å². The molecular formula is C11H16N2S. The Morgan fingerprint density at radius 1 is 1.57 bits per heavy atom. The van der Waals surface area contributed by atoms with Gasteiger partial charge in [0.1, 0.15) is 0 Å². The zero-order valence-corrected chi connectivity index (χ0v) is 9.09. The second kappa shape index (κ2) is 4.80. The first kappa shape index (κ1) is 9.99. The van der Waals surface area contributed by atoms with Crippen LogP contribution in [-0.2, 0) is 6.54 Å². The van der Waals surface area contributed by atoms with Crippen molar-refractivity contribution < 1.29 is 0 Å². The fourth-order valence-corrected chi connectivity index (χ4v) is 3.16. The molecule has 1 saturated heterocycles. The molecular weight excluding hydrogens is 192 g/mol. The molecule has 0 saturated carbocycles. The average molecular weight is 208 g/mol. The molecule has 3 heteroatoms. The first-order valence-corrected chi connectivity index (χ1v) is 6.28. The van der Waals surface area contributed by atoms with Crippen molar-refractivity contribution in [2.24, 2.45) is 5.73 Å². The molecule has 1 aromatic rings. The molecule has 1 aromatic heterocycles. The Bertz CT molecular complexity index is 295. The van der Waals surface area contributed by atoms with Crippen molar-refractivity contribution in [3.05, 3.63) is 29.6 Å². The molecule has 1 atom stereocenters. The Hall–Kier alpha value is -0.540. The van der Waals surface area contributed by atoms with Crippen LogP contribution in [0.15, 0.2) is 18.5 Å². The normalized spacial score (nSPS) is 22.2. The van der Waals surface area contributed by atoms with Gasteiger partial charge in [-0.2, -0.15) is 11.8 Å². The van der Waals surface area contributed by atoms with Gasteiger partial charge in [0.15, 0.2) is 0 Å². The summed E-state index contributed by atoms with van der Waals surface area (Å²) in [4.78, 5) is 4.12. The molecule has 2 heterocycles. The monoisotopic (exact) mass is 208 g/mol. The summed E-state index contributed by atoms with van der Waals surface area (Å²) in [5.74, 6) is 3.27. The molecule has 1 aliphatic rings. The van der Waals surface area contributed by atoms with Crippen LogP contribution in [0.25, 0.3) is 0 Å². The molecule has 0 aromatic carbocycles. The highest BCUT2D eigenvalue weighted by Crippen LogP contribution is 2.32. The molecule has 1 fully saturated rings. The molecule has 14 heavy (non-hydrogen) atoms. The van der Waals surface area contributed by atoms with E-state index in [-0.39, 0.29) is 0 Å². The Kier molecular flexibility index (Phi) is 3.43. The van der Waals surface area contributed by atoms with E-state index in [1.807, 2.05) is 12.4 Å². The van der Waals surface area contributed by atoms with Gasteiger partial charge in [-0.1, -0.05) is 0 Å². The third-order valence-corrected chi connectivity index (χ3v) is 3.98. The van der Waals surface area contributed by atoms with Crippen LogP contribution >= 0.6 is 11.8 Å². The molecule has 1 aliphatic heterocycles. The van der Waals surface area contributed by atoms with Gasteiger partial charge in [-0.05, 0) is 41.7 Å². The van der Waals surface area contributed by atoms with E-state index in [0.29, 0.717) is 12.5 Å². The highest BCUT2D eigenvalue weighted by Gasteiger charge is 2.17. The number of rotatable bonds is 2. The van der Waals surface area contributed by atoms with Gasteiger partial charge in [0.25, 0.3) is 0 Å². The zero-order valence-electron chi connectivity index (χ0n) is 8.28. The van der Waals surface area contributed by atoms with Gasteiger partial charge >= 0.3 is 0 Å². The predicted molar refractivity (Wildman–Crippen MR) is 61.4 cm³/mol. The Balaban J connectivity index is 2.20. The number of nitrogens with two attached hydrogens (primary N) is 1. The molecule has 1 unspecified atom stereocenters. The quantitative estimate of drug-likeness (QED) is 0.809. The van der Waals surface area contributed by atoms with E-state index >= 15 is 0 Å². The van der Waals surface area contributed by atoms with E-state index < -0.39 is 0 Å². The number of thioether (sulfide) groups is 1. The lowest BCUT2D eigenvalue weighted by atomic mass is 9.93. The van der Waals surface area contributed by atoms with Crippen LogP contribution in [0, 0.1) is 0 Å². The molecule has 2 nitrogen and oxygen atoms in total. The van der Waals surface area contributed by atoms with Gasteiger partial charge < -0.3 is 5.73 Å². The molecule has 76 valence electrons. The van der Waals surface area contributed by atoms with E-state index in [2.05, 4.69) is 22.8 Å². The van der Waals surface area contributed by atoms with Gasteiger partial charge in [-0.25, -0.2) is 0 Å². The molecule has 2 N–H and O–H groups in total. The summed E-state index contributed by atoms with van der Waals surface area (Å²) in [6.07, 6.45) is 6.44. The van der Waals surface area contributed by atoms with Gasteiger partial charge in [0.2, 0.25) is 0 Å². The highest BCUT2D eigenvalue weighted by atomic mass is 32.2. The second-order valence-corrected chi connectivity index (χ2v) is 4.84. The predicted octanol–water partition coefficient (Wildman–Crippen LogP) is 2.15. The minimum Gasteiger partial charge on any atom is -0.326 e. The Morgan fingerprint density at radius 3 is 3.21 bits per heavy atom. The van der Waals surface area contributed by atoms with E-state index in [0.717, 1.165) is 0 Å². The molecule has 0 radical (unpaired) electrons. The average Bonchev–Trinajstić information content (AvgIpc) is 2.30. The summed E-state index contributed by atoms with van der Waals surface area (Å²) in [7, 11) is 0. The maximum atomic E-state index is 5.71. The first-order valence-electron chi connectivity index (χ1n) is 5.12. The van der Waals surface area contributed by atoms with E-state index in [9.17, 15) is 0 Å². The minimum atomic E-state index is 0.615. The Morgan fingerprint density at radius 2 is 2.50 bits per heavy atom. The van der Waals surface area contributed by atoms with Crippen molar-refractivity contribution in [3.63, 3.8) is 0 Å². The zero-order chi connectivity index (χ0) is 9.80. The van der Waals surface area contributed by atoms with Gasteiger partial charge in [0, 0.05) is 24.7 Å². The van der Waals surface area contributed by atoms with Crippen LogP contribution in [0.1, 0.15) is 29.9 Å². The summed E-state index contributed by atoms with van der Waals surface area (Å²) >= 11 is 2.06. The summed E-state index contributed by atoms with van der Waals surface area (Å²) in [6, 6.07) is 2.14. The van der Waals surface area contributed by atoms with Crippen LogP contribution in [0.5, 0.6) is 0 Å². The Labute approximate surface area is 89.3 Å². The maximum absolute atomic E-state index is 5.71. The topological polar surface area (TPSA) is 38.9 Å². The number of pyridine rings is 1. The third kappa shape index (κ3) is 2.10. The number of hydrogen-bond acceptors (Lipinski definition) is 3. The lowest BCUT2D eigenvalue weighted by Crippen LogP contribution is -2.12. The van der Waals surface area contributed by atoms with Gasteiger partial charge in [0.05, 0.1) is 0 Å². The lowest BCUT2D eigenvalue weighted by molar-refractivity contribution is 0.652. The first-order chi connectivity index (χ1) is 6.92. The number of nitrogens with zero attached hydrogens (tertiary/aromatic N) is 1. The van der Waals surface area contributed by atoms with E-state index in [1.165, 1.54) is 35.5 Å². The number of hydrogen-bond donors (Lipinski definition) is 1. The third-order valence-electron chi connectivity index (χ3n) is 2.76. The standard InChI is InChI=1S/C11H16N2S/c12-6-10-7-13-4-3-11(10)9-2-1-5-14-8-9/h3-4,7,9H,1-2,5-6,8,12H2. The van der Waals surface area contributed by atoms with Crippen molar-refractivity contribution in [2.75, 3.05) is 11.5 Å². The van der Waals surface area contributed by atoms with E-state index in [4.69, 9.17) is 5.73 Å². The van der Waals surface area contributed by atoms with Crippen molar-refractivity contribution in [3.8, 4) is 0 Å². The van der Waals surface area contributed by atoms with Crippen LogP contribution < -0.4 is 5.73 Å². The summed E-state index contributed by atoms with van der Waals surface area (Å²) < 4.78 is 0. The van der Waals surface area contributed by atoms with Crippen LogP contribution in [0.3, 0.4) is 0 Å². The smallest absolute Gasteiger partial charge is 0.0315 e. The summed E-state index contributed by atoms with van der Waals surface area (Å²) in [5.41, 5.74) is 8.36. The fourth-order valence-electron chi connectivity index (χ4n) is 1.99. The van der Waals surface area contributed by atoms with E-state index in [1.54, 1.807) is 0 Å². The van der Waals surface area contributed by atoms with Gasteiger partial charge in [-0.15, -0.1) is 0 Å². The van der Waals surface area contributed by atoms with Crippen molar-refractivity contribution >= 4 is 11.8 Å². The highest BCUT2D eigenvalue weighted by molar-refractivity contribution is 7.99. The van der Waals surface area contributed by atoms with Crippen molar-refractivity contribution in [2.45, 2.75) is 25.3 Å². The minimum absolute atomic E-state index is 0.615. The van der Waals surface area contributed by atoms with Crippen molar-refractivity contribution in [1.29, 1.82) is 0 Å². The summed E-state index contributed by atoms with van der Waals surface area (Å²) in [5, 5.41) is 0. The SMILES string of the molecule is NCc1cnccc1C1CCCSC1. The van der Waals surface area contributed by atoms with Gasteiger partial charge in [-0.3, -0.25) is 4.98 Å². The molecule has 2 rings (SSSR count). The van der Waals surface area contributed by atoms with Crippen LogP contribution in [0.2, 0.25) is 0 Å². The van der Waals surface area contributed by atoms with Crippen molar-refractivity contribution in [1.82, 2.24) is 4.98 Å². The molecule has 0 spiro atoms. The number of aromatic nitrogens is 1. The lowest BCUT2D eigenvalue weighted by Gasteiger charge is -2.23. The maximum Gasteiger partial charge on any atom is 0.0315 e. The second-order valence-electron chi connectivity index (χ2n) is 3.69. The molecule has 0 amide bonds. The van der Waals surface area contributed by atoms with Crippen LogP contribution in [-0.4, -0.2) is 16.5 Å². The molecule has 0 bridgehead atoms. The summed E-state index contributed by atoms with van der Waals surface area (Å²) in [6.45, 7) is 0.615. The largest absolute Gasteiger partial charge is 0.326 e.